The lowest BCUT2D eigenvalue weighted by atomic mass is 10.1. The molecule has 0 saturated carbocycles. The summed E-state index contributed by atoms with van der Waals surface area (Å²) in [6.45, 7) is 9.89. The Balaban J connectivity index is 0.00000280. The van der Waals surface area contributed by atoms with Gasteiger partial charge in [0.15, 0.2) is 5.96 Å². The molecule has 0 spiro atoms. The van der Waals surface area contributed by atoms with Crippen LogP contribution < -0.4 is 15.5 Å². The Labute approximate surface area is 188 Å². The van der Waals surface area contributed by atoms with Gasteiger partial charge in [-0.05, 0) is 25.5 Å². The molecule has 0 aliphatic carbocycles. The molecule has 6 nitrogen and oxygen atoms in total. The first kappa shape index (κ1) is 22.9. The topological polar surface area (TPSA) is 61.8 Å². The maximum Gasteiger partial charge on any atom is 0.191 e. The molecule has 1 aromatic heterocycles. The number of benzene rings is 1. The molecule has 1 aromatic carbocycles. The largest absolute Gasteiger partial charge is 0.378 e. The maximum atomic E-state index is 5.48. The second-order valence-corrected chi connectivity index (χ2v) is 7.52. The van der Waals surface area contributed by atoms with E-state index in [1.807, 2.05) is 6.92 Å². The first-order chi connectivity index (χ1) is 13.3. The van der Waals surface area contributed by atoms with Crippen LogP contribution in [-0.4, -0.2) is 50.3 Å². The van der Waals surface area contributed by atoms with Crippen LogP contribution in [0.25, 0.3) is 0 Å². The second kappa shape index (κ2) is 12.2. The van der Waals surface area contributed by atoms with E-state index < -0.39 is 0 Å². The van der Waals surface area contributed by atoms with Gasteiger partial charge in [-0.1, -0.05) is 18.2 Å². The van der Waals surface area contributed by atoms with Gasteiger partial charge in [-0.25, -0.2) is 9.98 Å². The fraction of sp³-hybridized carbons (Fsp3) is 0.500. The Morgan fingerprint density at radius 2 is 2.04 bits per heavy atom. The van der Waals surface area contributed by atoms with Crippen LogP contribution in [0.1, 0.15) is 23.2 Å². The van der Waals surface area contributed by atoms with Crippen LogP contribution in [0, 0.1) is 6.92 Å². The number of guanidine groups is 1. The van der Waals surface area contributed by atoms with Crippen LogP contribution in [0.15, 0.2) is 34.6 Å². The van der Waals surface area contributed by atoms with Crippen molar-refractivity contribution in [2.45, 2.75) is 26.8 Å². The molecule has 0 radical (unpaired) electrons. The van der Waals surface area contributed by atoms with Gasteiger partial charge in [0.1, 0.15) is 0 Å². The van der Waals surface area contributed by atoms with Crippen molar-refractivity contribution in [3.8, 4) is 0 Å². The average Bonchev–Trinajstić information content (AvgIpc) is 3.12. The lowest BCUT2D eigenvalue weighted by Crippen LogP contribution is -2.38. The van der Waals surface area contributed by atoms with Gasteiger partial charge in [0.2, 0.25) is 0 Å². The number of nitrogens with one attached hydrogen (secondary N) is 2. The summed E-state index contributed by atoms with van der Waals surface area (Å²) in [4.78, 5) is 11.7. The molecule has 154 valence electrons. The Bertz CT molecular complexity index is 746. The van der Waals surface area contributed by atoms with Crippen molar-refractivity contribution in [1.29, 1.82) is 0 Å². The number of aromatic nitrogens is 1. The van der Waals surface area contributed by atoms with E-state index in [4.69, 9.17) is 9.73 Å². The quantitative estimate of drug-likeness (QED) is 0.337. The molecule has 2 aromatic rings. The fourth-order valence-corrected chi connectivity index (χ4v) is 3.74. The SMILES string of the molecule is CCNC(=NCc1ccccc1N1CCOCC1)NCCc1csc(C)n1.I. The minimum atomic E-state index is 0. The van der Waals surface area contributed by atoms with Gasteiger partial charge in [-0.2, -0.15) is 0 Å². The van der Waals surface area contributed by atoms with Crippen molar-refractivity contribution < 1.29 is 4.74 Å². The molecule has 0 bridgehead atoms. The smallest absolute Gasteiger partial charge is 0.191 e. The number of nitrogens with zero attached hydrogens (tertiary/aromatic N) is 3. The van der Waals surface area contributed by atoms with Gasteiger partial charge in [0.25, 0.3) is 0 Å². The Hall–Kier alpha value is -1.39. The lowest BCUT2D eigenvalue weighted by Gasteiger charge is -2.30. The van der Waals surface area contributed by atoms with E-state index in [0.717, 1.165) is 62.5 Å². The maximum absolute atomic E-state index is 5.48. The highest BCUT2D eigenvalue weighted by atomic mass is 127. The van der Waals surface area contributed by atoms with E-state index in [9.17, 15) is 0 Å². The zero-order valence-electron chi connectivity index (χ0n) is 16.6. The fourth-order valence-electron chi connectivity index (χ4n) is 3.10. The van der Waals surface area contributed by atoms with Gasteiger partial charge in [-0.3, -0.25) is 0 Å². The predicted molar refractivity (Wildman–Crippen MR) is 128 cm³/mol. The van der Waals surface area contributed by atoms with E-state index >= 15 is 0 Å². The third-order valence-electron chi connectivity index (χ3n) is 4.44. The Kier molecular flexibility index (Phi) is 10.0. The second-order valence-electron chi connectivity index (χ2n) is 6.46. The van der Waals surface area contributed by atoms with E-state index in [-0.39, 0.29) is 24.0 Å². The van der Waals surface area contributed by atoms with E-state index in [2.05, 4.69) is 57.1 Å². The number of rotatable bonds is 7. The number of aryl methyl sites for hydroxylation is 1. The summed E-state index contributed by atoms with van der Waals surface area (Å²) >= 11 is 1.70. The van der Waals surface area contributed by atoms with Gasteiger partial charge < -0.3 is 20.3 Å². The van der Waals surface area contributed by atoms with Gasteiger partial charge in [0.05, 0.1) is 30.5 Å². The van der Waals surface area contributed by atoms with Crippen LogP contribution in [0.3, 0.4) is 0 Å². The average molecular weight is 515 g/mol. The van der Waals surface area contributed by atoms with Crippen LogP contribution >= 0.6 is 35.3 Å². The molecule has 1 aliphatic heterocycles. The highest BCUT2D eigenvalue weighted by Crippen LogP contribution is 2.22. The summed E-state index contributed by atoms with van der Waals surface area (Å²) in [7, 11) is 0. The predicted octanol–water partition coefficient (Wildman–Crippen LogP) is 3.20. The van der Waals surface area contributed by atoms with Crippen molar-refractivity contribution in [1.82, 2.24) is 15.6 Å². The summed E-state index contributed by atoms with van der Waals surface area (Å²) in [5, 5.41) is 9.99. The number of aliphatic imine (C=N–C) groups is 1. The first-order valence-corrected chi connectivity index (χ1v) is 10.5. The summed E-state index contributed by atoms with van der Waals surface area (Å²) in [6.07, 6.45) is 0.902. The van der Waals surface area contributed by atoms with Crippen molar-refractivity contribution in [3.63, 3.8) is 0 Å². The summed E-state index contributed by atoms with van der Waals surface area (Å²) in [6, 6.07) is 8.52. The number of ether oxygens (including phenoxy) is 1. The normalized spacial score (nSPS) is 14.5. The molecule has 0 unspecified atom stereocenters. The minimum Gasteiger partial charge on any atom is -0.378 e. The molecule has 1 fully saturated rings. The van der Waals surface area contributed by atoms with Crippen LogP contribution in [0.2, 0.25) is 0 Å². The van der Waals surface area contributed by atoms with Gasteiger partial charge in [-0.15, -0.1) is 35.3 Å². The summed E-state index contributed by atoms with van der Waals surface area (Å²) in [5.41, 5.74) is 3.64. The van der Waals surface area contributed by atoms with Gasteiger partial charge >= 0.3 is 0 Å². The van der Waals surface area contributed by atoms with Crippen molar-refractivity contribution >= 4 is 47.0 Å². The third-order valence-corrected chi connectivity index (χ3v) is 5.26. The molecule has 2 heterocycles. The molecule has 28 heavy (non-hydrogen) atoms. The first-order valence-electron chi connectivity index (χ1n) is 9.60. The number of hydrogen-bond donors (Lipinski definition) is 2. The third kappa shape index (κ3) is 6.89. The number of thiazole rings is 1. The highest BCUT2D eigenvalue weighted by molar-refractivity contribution is 14.0. The zero-order valence-corrected chi connectivity index (χ0v) is 19.8. The van der Waals surface area contributed by atoms with Crippen LogP contribution in [-0.2, 0) is 17.7 Å². The number of anilines is 1. The monoisotopic (exact) mass is 515 g/mol. The molecule has 1 aliphatic rings. The minimum absolute atomic E-state index is 0. The standard InChI is InChI=1S/C20H29N5OS.HI/c1-3-21-20(22-9-8-18-15-27-16(2)24-18)23-14-17-6-4-5-7-19(17)25-10-12-26-13-11-25;/h4-7,15H,3,8-14H2,1-2H3,(H2,21,22,23);1H. The molecule has 3 rings (SSSR count). The van der Waals surface area contributed by atoms with E-state index in [1.54, 1.807) is 11.3 Å². The van der Waals surface area contributed by atoms with Gasteiger partial charge in [0, 0.05) is 43.7 Å². The van der Waals surface area contributed by atoms with E-state index in [0.29, 0.717) is 6.54 Å². The lowest BCUT2D eigenvalue weighted by molar-refractivity contribution is 0.122. The molecular formula is C20H30IN5OS. The number of morpholine rings is 1. The summed E-state index contributed by atoms with van der Waals surface area (Å²) < 4.78 is 5.48. The molecular weight excluding hydrogens is 485 g/mol. The molecule has 1 saturated heterocycles. The van der Waals surface area contributed by atoms with Crippen LogP contribution in [0.4, 0.5) is 5.69 Å². The Morgan fingerprint density at radius 3 is 2.75 bits per heavy atom. The molecule has 2 N–H and O–H groups in total. The Morgan fingerprint density at radius 1 is 1.25 bits per heavy atom. The number of hydrogen-bond acceptors (Lipinski definition) is 5. The van der Waals surface area contributed by atoms with Crippen molar-refractivity contribution in [2.24, 2.45) is 4.99 Å². The number of halogens is 1. The van der Waals surface area contributed by atoms with Crippen LogP contribution in [0.5, 0.6) is 0 Å². The van der Waals surface area contributed by atoms with Crippen molar-refractivity contribution in [2.75, 3.05) is 44.3 Å². The highest BCUT2D eigenvalue weighted by Gasteiger charge is 2.14. The molecule has 0 amide bonds. The zero-order chi connectivity index (χ0) is 18.9. The number of para-hydroxylation sites is 1. The summed E-state index contributed by atoms with van der Waals surface area (Å²) in [5.74, 6) is 0.848. The molecule has 0 atom stereocenters. The van der Waals surface area contributed by atoms with Crippen molar-refractivity contribution in [3.05, 3.63) is 45.9 Å². The molecule has 8 heteroatoms. The van der Waals surface area contributed by atoms with E-state index in [1.165, 1.54) is 11.3 Å².